The highest BCUT2D eigenvalue weighted by molar-refractivity contribution is 7.45. The number of hydrogen-bond acceptors (Lipinski definition) is 7. The number of phosphoric acid groups is 1. The molecule has 10 heteroatoms. The molecule has 0 rings (SSSR count). The molecule has 0 saturated carbocycles. The van der Waals surface area contributed by atoms with Gasteiger partial charge >= 0.3 is 5.97 Å². The standard InChI is InChI=1S/C71H127N2O7P/c1-7-10-13-16-19-22-25-28-30-32-34-36-38-40-42-45-48-51-54-57-60-63-70(74)72-68(67-79-81(76,77)78-66-65-73(4,5)6)69(62-59-56-53-50-47-44-27-24-21-18-15-12-9-3)80-71(75)64-61-58-55-52-49-46-43-41-39-37-35-33-31-29-26-23-20-17-14-11-8-2/h10,13,19,22,28-31,34,36,40,42,48,51,59,62,68-69H,7-9,11-12,14-18,20-21,23-27,32-33,35,37-39,41,43-47,49-50,52-58,60-61,63-67H2,1-6H3,(H-,72,74,76,77)/b13-10-,22-19-,30-28-,31-29+,36-34-,42-40-,51-48-,62-59+. The summed E-state index contributed by atoms with van der Waals surface area (Å²) in [5, 5.41) is 3.01. The van der Waals surface area contributed by atoms with Gasteiger partial charge in [0, 0.05) is 12.8 Å². The van der Waals surface area contributed by atoms with Crippen molar-refractivity contribution in [2.45, 2.75) is 303 Å². The van der Waals surface area contributed by atoms with Gasteiger partial charge in [0.1, 0.15) is 19.3 Å². The lowest BCUT2D eigenvalue weighted by Crippen LogP contribution is -2.47. The van der Waals surface area contributed by atoms with E-state index in [0.29, 0.717) is 17.4 Å². The molecule has 0 saturated heterocycles. The highest BCUT2D eigenvalue weighted by Crippen LogP contribution is 2.38. The Morgan fingerprint density at radius 1 is 0.444 bits per heavy atom. The Kier molecular flexibility index (Phi) is 57.8. The van der Waals surface area contributed by atoms with Crippen molar-refractivity contribution < 1.29 is 37.3 Å². The fourth-order valence-electron chi connectivity index (χ4n) is 9.34. The van der Waals surface area contributed by atoms with Crippen molar-refractivity contribution in [2.75, 3.05) is 40.9 Å². The third kappa shape index (κ3) is 61.3. The molecule has 9 nitrogen and oxygen atoms in total. The van der Waals surface area contributed by atoms with E-state index in [1.54, 1.807) is 0 Å². The summed E-state index contributed by atoms with van der Waals surface area (Å²) < 4.78 is 30.4. The Balaban J connectivity index is 5.28. The van der Waals surface area contributed by atoms with Crippen LogP contribution in [0.5, 0.6) is 0 Å². The molecule has 0 aromatic heterocycles. The number of rotatable bonds is 60. The maximum atomic E-state index is 13.6. The molecule has 468 valence electrons. The maximum absolute atomic E-state index is 13.6. The predicted molar refractivity (Wildman–Crippen MR) is 348 cm³/mol. The van der Waals surface area contributed by atoms with Crippen LogP contribution in [0.1, 0.15) is 290 Å². The van der Waals surface area contributed by atoms with Gasteiger partial charge in [0.2, 0.25) is 5.91 Å². The van der Waals surface area contributed by atoms with Crippen molar-refractivity contribution in [3.05, 3.63) is 97.2 Å². The van der Waals surface area contributed by atoms with E-state index in [4.69, 9.17) is 13.8 Å². The topological polar surface area (TPSA) is 114 Å². The first-order chi connectivity index (χ1) is 39.4. The molecule has 0 heterocycles. The fourth-order valence-corrected chi connectivity index (χ4v) is 10.1. The van der Waals surface area contributed by atoms with E-state index in [-0.39, 0.29) is 31.3 Å². The van der Waals surface area contributed by atoms with E-state index in [1.165, 1.54) is 161 Å². The minimum Gasteiger partial charge on any atom is -0.756 e. The molecule has 0 fully saturated rings. The van der Waals surface area contributed by atoms with Crippen molar-refractivity contribution in [2.24, 2.45) is 0 Å². The second-order valence-corrected chi connectivity index (χ2v) is 25.0. The first kappa shape index (κ1) is 77.9. The van der Waals surface area contributed by atoms with Crippen molar-refractivity contribution in [3.63, 3.8) is 0 Å². The summed E-state index contributed by atoms with van der Waals surface area (Å²) in [5.74, 6) is -0.590. The van der Waals surface area contributed by atoms with Gasteiger partial charge in [-0.2, -0.15) is 0 Å². The smallest absolute Gasteiger partial charge is 0.306 e. The lowest BCUT2D eigenvalue weighted by Gasteiger charge is -2.30. The van der Waals surface area contributed by atoms with Crippen LogP contribution in [-0.2, 0) is 27.9 Å². The molecule has 0 bridgehead atoms. The summed E-state index contributed by atoms with van der Waals surface area (Å²) in [6, 6.07) is -0.917. The highest BCUT2D eigenvalue weighted by Gasteiger charge is 2.27. The van der Waals surface area contributed by atoms with Crippen LogP contribution in [0, 0.1) is 0 Å². The Morgan fingerprint density at radius 2 is 0.790 bits per heavy atom. The van der Waals surface area contributed by atoms with E-state index in [1.807, 2.05) is 33.3 Å². The summed E-state index contributed by atoms with van der Waals surface area (Å²) in [7, 11) is 1.15. The van der Waals surface area contributed by atoms with E-state index in [9.17, 15) is 19.0 Å². The monoisotopic (exact) mass is 1150 g/mol. The zero-order chi connectivity index (χ0) is 59.3. The zero-order valence-electron chi connectivity index (χ0n) is 53.5. The van der Waals surface area contributed by atoms with Crippen LogP contribution in [0.3, 0.4) is 0 Å². The van der Waals surface area contributed by atoms with Gasteiger partial charge in [-0.15, -0.1) is 0 Å². The lowest BCUT2D eigenvalue weighted by molar-refractivity contribution is -0.870. The summed E-state index contributed by atoms with van der Waals surface area (Å²) in [6.45, 7) is 6.71. The van der Waals surface area contributed by atoms with Gasteiger partial charge in [-0.05, 0) is 109 Å². The van der Waals surface area contributed by atoms with Crippen LogP contribution in [0.4, 0.5) is 0 Å². The first-order valence-electron chi connectivity index (χ1n) is 33.5. The minimum absolute atomic E-state index is 0.0347. The number of likely N-dealkylation sites (N-methyl/N-ethyl adjacent to an activating group) is 1. The molecule has 3 atom stereocenters. The lowest BCUT2D eigenvalue weighted by atomic mass is 10.0. The number of ether oxygens (including phenoxy) is 1. The normalized spacial score (nSPS) is 14.2. The SMILES string of the molecule is CC/C=C\C/C=C\C/C=C\C/C=C\C/C=C\C/C=C\CCCCC(=O)NC(COP(=O)([O-])OCC[N+](C)(C)C)C(/C=C/CCCCCCCCCCCCC)OC(=O)CCCCCCCCCCCCC/C=C/CCCCCCCC. The number of nitrogens with one attached hydrogen (secondary N) is 1. The molecule has 0 spiro atoms. The number of esters is 1. The average Bonchev–Trinajstić information content (AvgIpc) is 3.44. The molecular formula is C71H127N2O7P. The molecule has 0 aromatic carbocycles. The maximum Gasteiger partial charge on any atom is 0.306 e. The van der Waals surface area contributed by atoms with E-state index in [2.05, 4.69) is 111 Å². The largest absolute Gasteiger partial charge is 0.756 e. The van der Waals surface area contributed by atoms with E-state index in [0.717, 1.165) is 89.9 Å². The molecule has 0 aliphatic rings. The first-order valence-corrected chi connectivity index (χ1v) is 35.0. The van der Waals surface area contributed by atoms with Crippen molar-refractivity contribution in [1.82, 2.24) is 5.32 Å². The molecule has 81 heavy (non-hydrogen) atoms. The van der Waals surface area contributed by atoms with Gasteiger partial charge < -0.3 is 28.5 Å². The molecule has 1 N–H and O–H groups in total. The van der Waals surface area contributed by atoms with Gasteiger partial charge in [0.05, 0.1) is 33.8 Å². The van der Waals surface area contributed by atoms with Crippen LogP contribution >= 0.6 is 7.82 Å². The average molecular weight is 1150 g/mol. The molecule has 0 radical (unpaired) electrons. The van der Waals surface area contributed by atoms with Crippen molar-refractivity contribution >= 4 is 19.7 Å². The predicted octanol–water partition coefficient (Wildman–Crippen LogP) is 20.5. The van der Waals surface area contributed by atoms with Crippen LogP contribution in [0.25, 0.3) is 0 Å². The third-order valence-electron chi connectivity index (χ3n) is 14.5. The minimum atomic E-state index is -4.72. The van der Waals surface area contributed by atoms with Gasteiger partial charge in [-0.25, -0.2) is 0 Å². The number of unbranched alkanes of at least 4 members (excludes halogenated alkanes) is 30. The fraction of sp³-hybridized carbons (Fsp3) is 0.746. The zero-order valence-corrected chi connectivity index (χ0v) is 54.4. The number of carbonyl (C=O) groups is 2. The Labute approximate surface area is 500 Å². The third-order valence-corrected chi connectivity index (χ3v) is 15.5. The molecule has 0 aliphatic carbocycles. The van der Waals surface area contributed by atoms with E-state index >= 15 is 0 Å². The highest BCUT2D eigenvalue weighted by atomic mass is 31.2. The second-order valence-electron chi connectivity index (χ2n) is 23.6. The molecule has 0 aromatic rings. The summed E-state index contributed by atoms with van der Waals surface area (Å²) in [5.41, 5.74) is 0. The summed E-state index contributed by atoms with van der Waals surface area (Å²) in [4.78, 5) is 40.1. The molecule has 0 aliphatic heterocycles. The number of carbonyl (C=O) groups excluding carboxylic acids is 2. The summed E-state index contributed by atoms with van der Waals surface area (Å²) >= 11 is 0. The van der Waals surface area contributed by atoms with Crippen molar-refractivity contribution in [3.8, 4) is 0 Å². The van der Waals surface area contributed by atoms with Crippen LogP contribution in [-0.4, -0.2) is 69.4 Å². The number of amides is 1. The molecular weight excluding hydrogens is 1020 g/mol. The van der Waals surface area contributed by atoms with Crippen LogP contribution in [0.2, 0.25) is 0 Å². The number of allylic oxidation sites excluding steroid dienone is 15. The second kappa shape index (κ2) is 60.1. The summed E-state index contributed by atoms with van der Waals surface area (Å²) in [6.07, 6.45) is 81.0. The van der Waals surface area contributed by atoms with Gasteiger partial charge in [-0.3, -0.25) is 14.2 Å². The Morgan fingerprint density at radius 3 is 1.21 bits per heavy atom. The van der Waals surface area contributed by atoms with Crippen molar-refractivity contribution in [1.29, 1.82) is 0 Å². The van der Waals surface area contributed by atoms with Crippen LogP contribution < -0.4 is 10.2 Å². The number of hydrogen-bond donors (Lipinski definition) is 1. The van der Waals surface area contributed by atoms with Crippen LogP contribution in [0.15, 0.2) is 97.2 Å². The van der Waals surface area contributed by atoms with Gasteiger partial charge in [0.25, 0.3) is 7.82 Å². The van der Waals surface area contributed by atoms with E-state index < -0.39 is 26.6 Å². The number of quaternary nitrogens is 1. The molecule has 3 unspecified atom stereocenters. The Hall–Kier alpha value is -3.07. The van der Waals surface area contributed by atoms with Gasteiger partial charge in [-0.1, -0.05) is 266 Å². The number of phosphoric ester groups is 1. The number of nitrogens with zero attached hydrogens (tertiary/aromatic N) is 1. The van der Waals surface area contributed by atoms with Gasteiger partial charge in [0.15, 0.2) is 0 Å². The molecule has 1 amide bonds. The Bertz CT molecular complexity index is 1710. The quantitative estimate of drug-likeness (QED) is 0.0212.